The summed E-state index contributed by atoms with van der Waals surface area (Å²) in [5.74, 6) is 0. The highest BCUT2D eigenvalue weighted by molar-refractivity contribution is 6.20. The molecule has 56 valence electrons. The second-order valence-electron chi connectivity index (χ2n) is 2.68. The minimum atomic E-state index is 0.302. The van der Waals surface area contributed by atoms with Gasteiger partial charge < -0.3 is 5.32 Å². The van der Waals surface area contributed by atoms with Crippen LogP contribution >= 0.6 is 11.6 Å². The molecule has 1 unspecified atom stereocenters. The highest BCUT2D eigenvalue weighted by Crippen LogP contribution is 1.97. The summed E-state index contributed by atoms with van der Waals surface area (Å²) in [7, 11) is 0. The minimum absolute atomic E-state index is 0.302. The number of halogens is 1. The van der Waals surface area contributed by atoms with Crippen LogP contribution < -0.4 is 5.32 Å². The predicted octanol–water partition coefficient (Wildman–Crippen LogP) is 2.00. The van der Waals surface area contributed by atoms with E-state index < -0.39 is 0 Å². The SMILES string of the molecule is CC(Cl)CCNC(C)C. The Morgan fingerprint density at radius 2 is 1.89 bits per heavy atom. The van der Waals surface area contributed by atoms with E-state index in [9.17, 15) is 0 Å². The molecular formula is C7H16ClN. The molecule has 0 aromatic heterocycles. The van der Waals surface area contributed by atoms with Crippen molar-refractivity contribution in [2.45, 2.75) is 38.6 Å². The summed E-state index contributed by atoms with van der Waals surface area (Å²) in [4.78, 5) is 0. The maximum atomic E-state index is 5.72. The first-order valence-corrected chi connectivity index (χ1v) is 3.94. The fraction of sp³-hybridized carbons (Fsp3) is 1.00. The van der Waals surface area contributed by atoms with Crippen LogP contribution in [0.4, 0.5) is 0 Å². The second-order valence-corrected chi connectivity index (χ2v) is 3.42. The maximum Gasteiger partial charge on any atom is 0.0319 e. The Morgan fingerprint density at radius 3 is 2.22 bits per heavy atom. The Morgan fingerprint density at radius 1 is 1.33 bits per heavy atom. The van der Waals surface area contributed by atoms with Gasteiger partial charge in [-0.3, -0.25) is 0 Å². The fourth-order valence-corrected chi connectivity index (χ4v) is 0.680. The summed E-state index contributed by atoms with van der Waals surface area (Å²) < 4.78 is 0. The van der Waals surface area contributed by atoms with Gasteiger partial charge in [-0.15, -0.1) is 11.6 Å². The Balaban J connectivity index is 2.91. The summed E-state index contributed by atoms with van der Waals surface area (Å²) in [6.07, 6.45) is 1.06. The van der Waals surface area contributed by atoms with E-state index in [0.717, 1.165) is 13.0 Å². The Bertz CT molecular complexity index is 53.9. The van der Waals surface area contributed by atoms with Crippen LogP contribution in [0.2, 0.25) is 0 Å². The van der Waals surface area contributed by atoms with Gasteiger partial charge in [-0.25, -0.2) is 0 Å². The number of nitrogens with one attached hydrogen (secondary N) is 1. The molecule has 0 radical (unpaired) electrons. The van der Waals surface area contributed by atoms with Crippen molar-refractivity contribution < 1.29 is 0 Å². The van der Waals surface area contributed by atoms with Gasteiger partial charge in [0, 0.05) is 11.4 Å². The van der Waals surface area contributed by atoms with E-state index in [2.05, 4.69) is 19.2 Å². The lowest BCUT2D eigenvalue weighted by Gasteiger charge is -2.07. The first kappa shape index (κ1) is 9.25. The summed E-state index contributed by atoms with van der Waals surface area (Å²) in [5.41, 5.74) is 0. The zero-order valence-corrected chi connectivity index (χ0v) is 7.20. The van der Waals surface area contributed by atoms with Gasteiger partial charge in [-0.2, -0.15) is 0 Å². The molecule has 0 bridgehead atoms. The molecule has 1 atom stereocenters. The van der Waals surface area contributed by atoms with E-state index in [1.54, 1.807) is 0 Å². The maximum absolute atomic E-state index is 5.72. The molecule has 0 fully saturated rings. The largest absolute Gasteiger partial charge is 0.314 e. The molecule has 0 aliphatic heterocycles. The first-order chi connectivity index (χ1) is 4.13. The zero-order chi connectivity index (χ0) is 7.28. The van der Waals surface area contributed by atoms with E-state index in [4.69, 9.17) is 11.6 Å². The van der Waals surface area contributed by atoms with E-state index in [0.29, 0.717) is 11.4 Å². The lowest BCUT2D eigenvalue weighted by Crippen LogP contribution is -2.24. The van der Waals surface area contributed by atoms with Crippen molar-refractivity contribution in [1.29, 1.82) is 0 Å². The van der Waals surface area contributed by atoms with E-state index in [1.807, 2.05) is 6.92 Å². The molecule has 9 heavy (non-hydrogen) atoms. The lowest BCUT2D eigenvalue weighted by atomic mass is 10.3. The van der Waals surface area contributed by atoms with Gasteiger partial charge in [0.05, 0.1) is 0 Å². The molecule has 0 aromatic carbocycles. The van der Waals surface area contributed by atoms with E-state index in [-0.39, 0.29) is 0 Å². The average Bonchev–Trinajstić information content (AvgIpc) is 1.63. The summed E-state index contributed by atoms with van der Waals surface area (Å²) in [6, 6.07) is 0.584. The van der Waals surface area contributed by atoms with Crippen molar-refractivity contribution in [2.24, 2.45) is 0 Å². The van der Waals surface area contributed by atoms with Gasteiger partial charge in [0.1, 0.15) is 0 Å². The molecule has 2 heteroatoms. The van der Waals surface area contributed by atoms with Crippen molar-refractivity contribution in [3.8, 4) is 0 Å². The van der Waals surface area contributed by atoms with Crippen LogP contribution in [0.1, 0.15) is 27.2 Å². The van der Waals surface area contributed by atoms with Crippen LogP contribution in [0.5, 0.6) is 0 Å². The number of hydrogen-bond donors (Lipinski definition) is 1. The minimum Gasteiger partial charge on any atom is -0.314 e. The van der Waals surface area contributed by atoms with Crippen molar-refractivity contribution in [3.63, 3.8) is 0 Å². The molecule has 0 saturated carbocycles. The van der Waals surface area contributed by atoms with Crippen LogP contribution in [-0.2, 0) is 0 Å². The Kier molecular flexibility index (Phi) is 5.21. The van der Waals surface area contributed by atoms with E-state index in [1.165, 1.54) is 0 Å². The highest BCUT2D eigenvalue weighted by Gasteiger charge is 1.95. The molecule has 0 aliphatic rings. The van der Waals surface area contributed by atoms with Crippen LogP contribution in [0.15, 0.2) is 0 Å². The molecule has 0 spiro atoms. The Hall–Kier alpha value is 0.250. The number of alkyl halides is 1. The monoisotopic (exact) mass is 149 g/mol. The van der Waals surface area contributed by atoms with Crippen LogP contribution in [0.25, 0.3) is 0 Å². The summed E-state index contributed by atoms with van der Waals surface area (Å²) in [6.45, 7) is 7.32. The van der Waals surface area contributed by atoms with Crippen LogP contribution in [-0.4, -0.2) is 18.0 Å². The Labute approximate surface area is 62.8 Å². The molecule has 0 amide bonds. The topological polar surface area (TPSA) is 12.0 Å². The zero-order valence-electron chi connectivity index (χ0n) is 6.45. The molecule has 0 heterocycles. The molecule has 0 aliphatic carbocycles. The van der Waals surface area contributed by atoms with Gasteiger partial charge in [0.2, 0.25) is 0 Å². The lowest BCUT2D eigenvalue weighted by molar-refractivity contribution is 0.568. The first-order valence-electron chi connectivity index (χ1n) is 3.50. The van der Waals surface area contributed by atoms with Crippen LogP contribution in [0.3, 0.4) is 0 Å². The normalized spacial score (nSPS) is 14.3. The van der Waals surface area contributed by atoms with Crippen molar-refractivity contribution in [3.05, 3.63) is 0 Å². The van der Waals surface area contributed by atoms with Gasteiger partial charge in [-0.05, 0) is 19.9 Å². The third-order valence-corrected chi connectivity index (χ3v) is 1.31. The smallest absolute Gasteiger partial charge is 0.0319 e. The molecule has 0 rings (SSSR count). The molecule has 0 aromatic rings. The second kappa shape index (κ2) is 5.07. The standard InChI is InChI=1S/C7H16ClN/c1-6(2)9-5-4-7(3)8/h6-7,9H,4-5H2,1-3H3. The van der Waals surface area contributed by atoms with Crippen LogP contribution in [0, 0.1) is 0 Å². The molecule has 0 saturated heterocycles. The van der Waals surface area contributed by atoms with Gasteiger partial charge in [0.25, 0.3) is 0 Å². The van der Waals surface area contributed by atoms with E-state index >= 15 is 0 Å². The molecular weight excluding hydrogens is 134 g/mol. The van der Waals surface area contributed by atoms with Gasteiger partial charge in [0.15, 0.2) is 0 Å². The van der Waals surface area contributed by atoms with Gasteiger partial charge >= 0.3 is 0 Å². The van der Waals surface area contributed by atoms with Crippen molar-refractivity contribution in [2.75, 3.05) is 6.54 Å². The molecule has 1 nitrogen and oxygen atoms in total. The van der Waals surface area contributed by atoms with Crippen molar-refractivity contribution in [1.82, 2.24) is 5.32 Å². The highest BCUT2D eigenvalue weighted by atomic mass is 35.5. The van der Waals surface area contributed by atoms with Crippen molar-refractivity contribution >= 4 is 11.6 Å². The number of rotatable bonds is 4. The predicted molar refractivity (Wildman–Crippen MR) is 43.1 cm³/mol. The summed E-state index contributed by atoms with van der Waals surface area (Å²) >= 11 is 5.72. The fourth-order valence-electron chi connectivity index (χ4n) is 0.571. The average molecular weight is 150 g/mol. The summed E-state index contributed by atoms with van der Waals surface area (Å²) in [5, 5.41) is 3.59. The third kappa shape index (κ3) is 8.25. The quantitative estimate of drug-likeness (QED) is 0.603. The van der Waals surface area contributed by atoms with Gasteiger partial charge in [-0.1, -0.05) is 13.8 Å². The number of hydrogen-bond acceptors (Lipinski definition) is 1. The third-order valence-electron chi connectivity index (χ3n) is 1.09. The molecule has 1 N–H and O–H groups in total.